The molecule has 44 heavy (non-hydrogen) atoms. The highest BCUT2D eigenvalue weighted by atomic mass is 16.5. The summed E-state index contributed by atoms with van der Waals surface area (Å²) in [6, 6.07) is 16.1. The Morgan fingerprint density at radius 3 is 1.50 bits per heavy atom. The minimum Gasteiger partial charge on any atom is -0.463 e. The lowest BCUT2D eigenvalue weighted by molar-refractivity contribution is -0.140. The molecule has 4 rings (SSSR count). The van der Waals surface area contributed by atoms with Gasteiger partial charge in [0.25, 0.3) is 0 Å². The zero-order valence-electron chi connectivity index (χ0n) is 25.6. The number of urea groups is 2. The molecular weight excluding hydrogens is 562 g/mol. The molecule has 2 aromatic rings. The summed E-state index contributed by atoms with van der Waals surface area (Å²) in [5, 5.41) is 11.4. The molecule has 2 aliphatic rings. The second kappa shape index (κ2) is 15.2. The molecule has 0 bridgehead atoms. The highest BCUT2D eigenvalue weighted by Gasteiger charge is 2.37. The normalized spacial score (nSPS) is 18.4. The first-order valence-corrected chi connectivity index (χ1v) is 15.0. The topological polar surface area (TPSA) is 138 Å². The van der Waals surface area contributed by atoms with Crippen molar-refractivity contribution >= 4 is 24.0 Å². The van der Waals surface area contributed by atoms with Crippen LogP contribution < -0.4 is 21.3 Å². The van der Waals surface area contributed by atoms with E-state index in [0.717, 1.165) is 17.5 Å². The Morgan fingerprint density at radius 2 is 1.14 bits per heavy atom. The first-order valence-electron chi connectivity index (χ1n) is 15.0. The van der Waals surface area contributed by atoms with Gasteiger partial charge in [0.15, 0.2) is 0 Å². The molecule has 0 saturated carbocycles. The van der Waals surface area contributed by atoms with Gasteiger partial charge in [-0.2, -0.15) is 0 Å². The molecule has 234 valence electrons. The SMILES string of the molecule is CCOC(=O)C1=C(CN(CCC(C)C)CC2=C(C(=O)OCC)[C@@H](c3ccccc3)NC(=O)N2)NC(=O)N[C@H]1c1ccccc1. The molecule has 2 atom stereocenters. The molecule has 0 aromatic heterocycles. The van der Waals surface area contributed by atoms with Crippen LogP contribution in [0.15, 0.2) is 83.2 Å². The summed E-state index contributed by atoms with van der Waals surface area (Å²) < 4.78 is 10.9. The van der Waals surface area contributed by atoms with Crippen LogP contribution in [0, 0.1) is 5.92 Å². The molecule has 4 amide bonds. The first kappa shape index (κ1) is 32.3. The minimum absolute atomic E-state index is 0.149. The van der Waals surface area contributed by atoms with Crippen LogP contribution in [0.2, 0.25) is 0 Å². The summed E-state index contributed by atoms with van der Waals surface area (Å²) in [5.74, 6) is -0.745. The average molecular weight is 604 g/mol. The van der Waals surface area contributed by atoms with E-state index in [9.17, 15) is 19.2 Å². The van der Waals surface area contributed by atoms with Crippen LogP contribution >= 0.6 is 0 Å². The third-order valence-electron chi connectivity index (χ3n) is 7.35. The maximum atomic E-state index is 13.4. The van der Waals surface area contributed by atoms with Gasteiger partial charge in [-0.05, 0) is 43.9 Å². The van der Waals surface area contributed by atoms with Gasteiger partial charge >= 0.3 is 24.0 Å². The molecule has 0 fully saturated rings. The number of nitrogens with one attached hydrogen (secondary N) is 4. The van der Waals surface area contributed by atoms with E-state index < -0.39 is 36.1 Å². The molecule has 0 saturated heterocycles. The lowest BCUT2D eigenvalue weighted by Gasteiger charge is -2.34. The number of ether oxygens (including phenoxy) is 2. The van der Waals surface area contributed by atoms with Gasteiger partial charge in [0.1, 0.15) is 0 Å². The third kappa shape index (κ3) is 8.04. The zero-order chi connectivity index (χ0) is 31.6. The van der Waals surface area contributed by atoms with Crippen molar-refractivity contribution in [2.45, 2.75) is 46.2 Å². The molecule has 0 unspecified atom stereocenters. The number of rotatable bonds is 13. The average Bonchev–Trinajstić information content (AvgIpc) is 3.00. The second-order valence-corrected chi connectivity index (χ2v) is 11.0. The Morgan fingerprint density at radius 1 is 0.727 bits per heavy atom. The van der Waals surface area contributed by atoms with Crippen molar-refractivity contribution in [3.63, 3.8) is 0 Å². The van der Waals surface area contributed by atoms with Gasteiger partial charge in [-0.15, -0.1) is 0 Å². The van der Waals surface area contributed by atoms with E-state index in [1.807, 2.05) is 65.6 Å². The first-order chi connectivity index (χ1) is 21.2. The summed E-state index contributed by atoms with van der Waals surface area (Å²) in [6.07, 6.45) is 0.784. The van der Waals surface area contributed by atoms with Crippen LogP contribution in [0.1, 0.15) is 57.3 Å². The fraction of sp³-hybridized carbons (Fsp3) is 0.394. The van der Waals surface area contributed by atoms with E-state index in [1.165, 1.54) is 0 Å². The van der Waals surface area contributed by atoms with Gasteiger partial charge in [-0.3, -0.25) is 4.90 Å². The zero-order valence-corrected chi connectivity index (χ0v) is 25.6. The number of benzene rings is 2. The predicted molar refractivity (Wildman–Crippen MR) is 165 cm³/mol. The maximum Gasteiger partial charge on any atom is 0.338 e. The van der Waals surface area contributed by atoms with Crippen LogP contribution in [0.5, 0.6) is 0 Å². The summed E-state index contributed by atoms with van der Waals surface area (Å²) in [6.45, 7) is 8.83. The van der Waals surface area contributed by atoms with Gasteiger partial charge in [0, 0.05) is 24.5 Å². The van der Waals surface area contributed by atoms with Crippen molar-refractivity contribution < 1.29 is 28.7 Å². The van der Waals surface area contributed by atoms with Crippen LogP contribution in [-0.4, -0.2) is 61.7 Å². The van der Waals surface area contributed by atoms with E-state index in [2.05, 4.69) is 35.1 Å². The largest absolute Gasteiger partial charge is 0.463 e. The Labute approximate surface area is 258 Å². The highest BCUT2D eigenvalue weighted by molar-refractivity contribution is 5.96. The Bertz CT molecular complexity index is 1300. The van der Waals surface area contributed by atoms with Gasteiger partial charge in [-0.1, -0.05) is 74.5 Å². The van der Waals surface area contributed by atoms with E-state index in [0.29, 0.717) is 35.0 Å². The molecule has 0 radical (unpaired) electrons. The molecular formula is C33H41N5O6. The quantitative estimate of drug-likeness (QED) is 0.253. The predicted octanol–water partition coefficient (Wildman–Crippen LogP) is 4.08. The number of hydrogen-bond acceptors (Lipinski definition) is 7. The number of hydrogen-bond donors (Lipinski definition) is 4. The number of carbonyl (C=O) groups is 4. The summed E-state index contributed by atoms with van der Waals surface area (Å²) >= 11 is 0. The van der Waals surface area contributed by atoms with E-state index in [4.69, 9.17) is 9.47 Å². The monoisotopic (exact) mass is 603 g/mol. The molecule has 2 aromatic carbocycles. The molecule has 4 N–H and O–H groups in total. The lowest BCUT2D eigenvalue weighted by atomic mass is 9.94. The molecule has 2 aliphatic heterocycles. The molecule has 2 heterocycles. The maximum absolute atomic E-state index is 13.4. The number of nitrogens with zero attached hydrogens (tertiary/aromatic N) is 1. The van der Waals surface area contributed by atoms with Crippen LogP contribution in [0.3, 0.4) is 0 Å². The molecule has 0 spiro atoms. The van der Waals surface area contributed by atoms with Crippen molar-refractivity contribution in [2.24, 2.45) is 5.92 Å². The van der Waals surface area contributed by atoms with E-state index in [-0.39, 0.29) is 26.3 Å². The van der Waals surface area contributed by atoms with Crippen molar-refractivity contribution in [1.82, 2.24) is 26.2 Å². The van der Waals surface area contributed by atoms with Crippen LogP contribution in [0.4, 0.5) is 9.59 Å². The Balaban J connectivity index is 1.79. The van der Waals surface area contributed by atoms with Crippen molar-refractivity contribution in [3.05, 3.63) is 94.3 Å². The highest BCUT2D eigenvalue weighted by Crippen LogP contribution is 2.30. The van der Waals surface area contributed by atoms with Crippen LogP contribution in [0.25, 0.3) is 0 Å². The summed E-state index contributed by atoms with van der Waals surface area (Å²) in [5.41, 5.74) is 2.85. The summed E-state index contributed by atoms with van der Waals surface area (Å²) in [4.78, 5) is 54.6. The molecule has 11 heteroatoms. The fourth-order valence-corrected chi connectivity index (χ4v) is 5.28. The number of carbonyl (C=O) groups excluding carboxylic acids is 4. The van der Waals surface area contributed by atoms with Gasteiger partial charge in [-0.25, -0.2) is 19.2 Å². The molecule has 0 aliphatic carbocycles. The van der Waals surface area contributed by atoms with Gasteiger partial charge in [0.05, 0.1) is 36.4 Å². The smallest absolute Gasteiger partial charge is 0.338 e. The van der Waals surface area contributed by atoms with Crippen molar-refractivity contribution in [3.8, 4) is 0 Å². The lowest BCUT2D eigenvalue weighted by Crippen LogP contribution is -2.51. The van der Waals surface area contributed by atoms with Crippen molar-refractivity contribution in [2.75, 3.05) is 32.8 Å². The van der Waals surface area contributed by atoms with E-state index in [1.54, 1.807) is 13.8 Å². The summed E-state index contributed by atoms with van der Waals surface area (Å²) in [7, 11) is 0. The Kier molecular flexibility index (Phi) is 11.1. The second-order valence-electron chi connectivity index (χ2n) is 11.0. The number of esters is 2. The van der Waals surface area contributed by atoms with Gasteiger partial charge < -0.3 is 30.7 Å². The standard InChI is InChI=1S/C33H41N5O6/c1-5-43-30(39)26-24(34-32(41)36-28(26)22-13-9-7-10-14-22)19-38(18-17-21(3)4)20-25-27(31(40)44-6-2)29(37-33(42)35-25)23-15-11-8-12-16-23/h7-16,21,28-29H,5-6,17-20H2,1-4H3,(H2,34,36,41)(H2,35,37,42)/t28-,29+. The van der Waals surface area contributed by atoms with Gasteiger partial charge in [0.2, 0.25) is 0 Å². The van der Waals surface area contributed by atoms with Crippen molar-refractivity contribution in [1.29, 1.82) is 0 Å². The Hall–Kier alpha value is -4.64. The van der Waals surface area contributed by atoms with E-state index >= 15 is 0 Å². The minimum atomic E-state index is -0.721. The third-order valence-corrected chi connectivity index (χ3v) is 7.35. The molecule has 11 nitrogen and oxygen atoms in total. The number of amides is 4. The van der Waals surface area contributed by atoms with Crippen LogP contribution in [-0.2, 0) is 19.1 Å². The fourth-order valence-electron chi connectivity index (χ4n) is 5.28.